The van der Waals surface area contributed by atoms with E-state index in [1.165, 1.54) is 132 Å². The summed E-state index contributed by atoms with van der Waals surface area (Å²) >= 11 is 0. The number of rotatable bonds is 4. The van der Waals surface area contributed by atoms with Crippen LogP contribution in [0.5, 0.6) is 0 Å². The summed E-state index contributed by atoms with van der Waals surface area (Å²) in [5.74, 6) is 0. The third-order valence-corrected chi connectivity index (χ3v) is 19.6. The van der Waals surface area contributed by atoms with E-state index >= 15 is 0 Å². The third-order valence-electron chi connectivity index (χ3n) is 19.6. The Kier molecular flexibility index (Phi) is 11.1. The third kappa shape index (κ3) is 7.63. The minimum absolute atomic E-state index is 0.00822. The highest BCUT2D eigenvalue weighted by molar-refractivity contribution is 7.00. The molecule has 0 spiro atoms. The summed E-state index contributed by atoms with van der Waals surface area (Å²) in [6, 6.07) is 55.9. The van der Waals surface area contributed by atoms with E-state index in [9.17, 15) is 0 Å². The molecule has 0 amide bonds. The lowest BCUT2D eigenvalue weighted by atomic mass is 9.33. The number of fused-ring (bicyclic) bond motifs is 8. The van der Waals surface area contributed by atoms with Gasteiger partial charge < -0.3 is 14.7 Å². The topological polar surface area (TPSA) is 9.72 Å². The first-order valence-electron chi connectivity index (χ1n) is 28.6. The van der Waals surface area contributed by atoms with E-state index in [0.29, 0.717) is 0 Å². The summed E-state index contributed by atoms with van der Waals surface area (Å²) in [5.41, 5.74) is 25.2. The summed E-state index contributed by atoms with van der Waals surface area (Å²) in [5, 5.41) is 0. The van der Waals surface area contributed by atoms with E-state index in [1.807, 2.05) is 0 Å². The molecule has 2 unspecified atom stereocenters. The van der Waals surface area contributed by atoms with Crippen molar-refractivity contribution in [1.82, 2.24) is 0 Å². The molecule has 0 N–H and O–H groups in total. The van der Waals surface area contributed by atoms with Crippen LogP contribution in [0.25, 0.3) is 11.1 Å². The van der Waals surface area contributed by atoms with Crippen LogP contribution in [-0.2, 0) is 32.5 Å². The van der Waals surface area contributed by atoms with E-state index in [1.54, 1.807) is 0 Å². The van der Waals surface area contributed by atoms with Gasteiger partial charge in [-0.2, -0.15) is 0 Å². The molecular formula is C71H82BN3. The first-order chi connectivity index (χ1) is 35.3. The summed E-state index contributed by atoms with van der Waals surface area (Å²) < 4.78 is 0. The minimum atomic E-state index is -0.147. The van der Waals surface area contributed by atoms with E-state index < -0.39 is 0 Å². The first kappa shape index (κ1) is 49.9. The van der Waals surface area contributed by atoms with Crippen LogP contribution in [0.15, 0.2) is 140 Å². The van der Waals surface area contributed by atoms with Gasteiger partial charge in [0.1, 0.15) is 0 Å². The van der Waals surface area contributed by atoms with Gasteiger partial charge in [-0.15, -0.1) is 0 Å². The van der Waals surface area contributed by atoms with Crippen LogP contribution < -0.4 is 31.1 Å². The Labute approximate surface area is 451 Å². The van der Waals surface area contributed by atoms with E-state index in [2.05, 4.69) is 258 Å². The molecule has 7 aromatic rings. The molecule has 75 heavy (non-hydrogen) atoms. The fourth-order valence-electron chi connectivity index (χ4n) is 14.6. The molecule has 0 saturated heterocycles. The smallest absolute Gasteiger partial charge is 0.252 e. The maximum atomic E-state index is 2.84. The minimum Gasteiger partial charge on any atom is -0.334 e. The van der Waals surface area contributed by atoms with Gasteiger partial charge in [-0.25, -0.2) is 0 Å². The zero-order chi connectivity index (χ0) is 53.0. The standard InChI is InChI=1S/C71H82BN3/c1-65(2,3)47-27-24-28-50(39-47)73-60-41-49(67(7,8)9)31-33-56(60)72-57-44-54-55(69(12,13)38-37-68(54,10)11)45-61(57)74(58-34-32-48(66(4,5)6)40-52(58)46-25-18-16-19-26-46)63-43-51(42-62(73)64(63)72)75-59-30-21-20-29-53(59)70(14)35-22-17-23-36-71(70,75)15/h16,18-21,24-34,39-45H,17,22-23,35-38H2,1-15H3. The lowest BCUT2D eigenvalue weighted by molar-refractivity contribution is 0.261. The molecule has 0 bridgehead atoms. The Morgan fingerprint density at radius 2 is 0.987 bits per heavy atom. The number of para-hydroxylation sites is 1. The highest BCUT2D eigenvalue weighted by Crippen LogP contribution is 2.61. The van der Waals surface area contributed by atoms with Crippen LogP contribution in [0.3, 0.4) is 0 Å². The zero-order valence-corrected chi connectivity index (χ0v) is 48.1. The molecule has 3 nitrogen and oxygen atoms in total. The Morgan fingerprint density at radius 1 is 0.400 bits per heavy atom. The predicted molar refractivity (Wildman–Crippen MR) is 325 cm³/mol. The van der Waals surface area contributed by atoms with Gasteiger partial charge in [0.25, 0.3) is 6.71 Å². The number of benzene rings is 7. The van der Waals surface area contributed by atoms with Gasteiger partial charge in [-0.3, -0.25) is 0 Å². The average molecular weight is 988 g/mol. The molecule has 4 heteroatoms. The molecular weight excluding hydrogens is 906 g/mol. The van der Waals surface area contributed by atoms with Crippen molar-refractivity contribution >= 4 is 68.6 Å². The van der Waals surface area contributed by atoms with Crippen LogP contribution in [0, 0.1) is 0 Å². The van der Waals surface area contributed by atoms with Gasteiger partial charge in [0, 0.05) is 50.8 Å². The Balaban J connectivity index is 1.27. The first-order valence-corrected chi connectivity index (χ1v) is 28.6. The predicted octanol–water partition coefficient (Wildman–Crippen LogP) is 17.8. The molecule has 384 valence electrons. The molecule has 3 aliphatic heterocycles. The lowest BCUT2D eigenvalue weighted by Crippen LogP contribution is -2.62. The fourth-order valence-corrected chi connectivity index (χ4v) is 14.6. The monoisotopic (exact) mass is 988 g/mol. The van der Waals surface area contributed by atoms with E-state index in [4.69, 9.17) is 0 Å². The highest BCUT2D eigenvalue weighted by atomic mass is 15.3. The normalized spacial score (nSPS) is 21.4. The summed E-state index contributed by atoms with van der Waals surface area (Å²) in [6.45, 7) is 36.5. The van der Waals surface area contributed by atoms with Crippen molar-refractivity contribution in [3.63, 3.8) is 0 Å². The molecule has 0 radical (unpaired) electrons. The largest absolute Gasteiger partial charge is 0.334 e. The molecule has 12 rings (SSSR count). The summed E-state index contributed by atoms with van der Waals surface area (Å²) in [4.78, 5) is 8.30. The van der Waals surface area contributed by atoms with Gasteiger partial charge in [0.2, 0.25) is 0 Å². The average Bonchev–Trinajstić information content (AvgIpc) is 3.43. The maximum absolute atomic E-state index is 2.84. The summed E-state index contributed by atoms with van der Waals surface area (Å²) in [6.07, 6.45) is 8.39. The number of hydrogen-bond donors (Lipinski definition) is 0. The lowest BCUT2D eigenvalue weighted by Gasteiger charge is -2.49. The second kappa shape index (κ2) is 16.8. The van der Waals surface area contributed by atoms with Gasteiger partial charge in [0.05, 0.1) is 11.2 Å². The number of anilines is 8. The fraction of sp³-hybridized carbons (Fsp3) is 0.408. The second-order valence-corrected chi connectivity index (χ2v) is 28.4. The van der Waals surface area contributed by atoms with Crippen LogP contribution in [-0.4, -0.2) is 12.3 Å². The van der Waals surface area contributed by atoms with Crippen molar-refractivity contribution in [2.45, 2.75) is 187 Å². The molecule has 7 aromatic carbocycles. The van der Waals surface area contributed by atoms with Crippen molar-refractivity contribution in [3.8, 4) is 11.1 Å². The van der Waals surface area contributed by atoms with E-state index in [-0.39, 0.29) is 44.7 Å². The van der Waals surface area contributed by atoms with Crippen LogP contribution in [0.2, 0.25) is 0 Å². The highest BCUT2D eigenvalue weighted by Gasteiger charge is 2.57. The molecule has 3 heterocycles. The SMILES string of the molecule is CC(C)(C)c1cccc(N2c3cc(C(C)(C)C)ccc3B3c4cc5c(cc4N(c4ccc(C(C)(C)C)cc4-c4ccccc4)c4cc(N6c7ccccc7C7(C)CCCCCC67C)cc2c43)C(C)(C)CCC5(C)C)c1. The number of nitrogens with zero attached hydrogens (tertiary/aromatic N) is 3. The zero-order valence-electron chi connectivity index (χ0n) is 48.1. The Morgan fingerprint density at radius 3 is 1.68 bits per heavy atom. The Hall–Kier alpha value is -6.00. The van der Waals surface area contributed by atoms with Gasteiger partial charge >= 0.3 is 0 Å². The molecule has 1 saturated carbocycles. The van der Waals surface area contributed by atoms with Gasteiger partial charge in [-0.1, -0.05) is 201 Å². The number of hydrogen-bond acceptors (Lipinski definition) is 3. The molecule has 2 atom stereocenters. The van der Waals surface area contributed by atoms with Crippen LogP contribution in [0.1, 0.15) is 182 Å². The van der Waals surface area contributed by atoms with Crippen molar-refractivity contribution in [3.05, 3.63) is 173 Å². The quantitative estimate of drug-likeness (QED) is 0.163. The van der Waals surface area contributed by atoms with Gasteiger partial charge in [-0.05, 0) is 170 Å². The van der Waals surface area contributed by atoms with Crippen molar-refractivity contribution < 1.29 is 0 Å². The van der Waals surface area contributed by atoms with Crippen LogP contribution in [0.4, 0.5) is 45.5 Å². The van der Waals surface area contributed by atoms with Gasteiger partial charge in [0.15, 0.2) is 0 Å². The van der Waals surface area contributed by atoms with E-state index in [0.717, 1.165) is 19.3 Å². The molecule has 2 aliphatic carbocycles. The Bertz CT molecular complexity index is 3430. The van der Waals surface area contributed by atoms with Crippen molar-refractivity contribution in [2.75, 3.05) is 14.7 Å². The molecule has 5 aliphatic rings. The van der Waals surface area contributed by atoms with Crippen LogP contribution >= 0.6 is 0 Å². The second-order valence-electron chi connectivity index (χ2n) is 28.4. The molecule has 1 fully saturated rings. The van der Waals surface area contributed by atoms with Crippen molar-refractivity contribution in [2.24, 2.45) is 0 Å². The van der Waals surface area contributed by atoms with Crippen molar-refractivity contribution in [1.29, 1.82) is 0 Å². The summed E-state index contributed by atoms with van der Waals surface area (Å²) in [7, 11) is 0. The molecule has 0 aromatic heterocycles. The maximum Gasteiger partial charge on any atom is 0.252 e.